The van der Waals surface area contributed by atoms with Gasteiger partial charge in [-0.2, -0.15) is 5.10 Å². The third kappa shape index (κ3) is 5.36. The minimum atomic E-state index is -1.03. The number of aromatic nitrogens is 5. The second kappa shape index (κ2) is 11.3. The molecule has 2 N–H and O–H groups in total. The summed E-state index contributed by atoms with van der Waals surface area (Å²) in [7, 11) is 0. The Bertz CT molecular complexity index is 1660. The number of nitrogens with one attached hydrogen (secondary N) is 2. The molecule has 3 atom stereocenters. The first kappa shape index (κ1) is 28.5. The minimum absolute atomic E-state index is 0.227. The lowest BCUT2D eigenvalue weighted by molar-refractivity contribution is 0.210. The maximum absolute atomic E-state index is 12.5. The van der Waals surface area contributed by atoms with Crippen molar-refractivity contribution in [2.75, 3.05) is 18.0 Å². The average molecular weight is 596 g/mol. The number of nitrogens with zero attached hydrogens (tertiary/aromatic N) is 5. The van der Waals surface area contributed by atoms with E-state index in [1.165, 1.54) is 16.7 Å². The zero-order valence-electron chi connectivity index (χ0n) is 25.4. The van der Waals surface area contributed by atoms with E-state index in [1.54, 1.807) is 0 Å². The van der Waals surface area contributed by atoms with Crippen LogP contribution in [0.2, 0.25) is 0 Å². The van der Waals surface area contributed by atoms with Crippen molar-refractivity contribution in [2.24, 2.45) is 5.41 Å². The van der Waals surface area contributed by atoms with E-state index >= 15 is 0 Å². The number of H-pyrrole nitrogens is 1. The molecule has 8 nitrogen and oxygen atoms in total. The highest BCUT2D eigenvalue weighted by molar-refractivity contribution is 7.90. The van der Waals surface area contributed by atoms with Gasteiger partial charge in [0.05, 0.1) is 23.3 Å². The number of aryl methyl sites for hydroxylation is 1. The number of rotatable bonds is 7. The summed E-state index contributed by atoms with van der Waals surface area (Å²) in [5, 5.41) is 7.83. The Kier molecular flexibility index (Phi) is 7.51. The highest BCUT2D eigenvalue weighted by atomic mass is 32.2. The number of benzene rings is 1. The molecule has 1 aliphatic heterocycles. The van der Waals surface area contributed by atoms with Crippen molar-refractivity contribution in [1.82, 2.24) is 29.9 Å². The van der Waals surface area contributed by atoms with Crippen LogP contribution in [0, 0.1) is 5.41 Å². The summed E-state index contributed by atoms with van der Waals surface area (Å²) in [6.07, 6.45) is 14.6. The van der Waals surface area contributed by atoms with Crippen molar-refractivity contribution in [3.05, 3.63) is 77.4 Å². The number of hydrogen-bond donors (Lipinski definition) is 2. The molecule has 0 bridgehead atoms. The first-order valence-corrected chi connectivity index (χ1v) is 16.8. The van der Waals surface area contributed by atoms with Crippen LogP contribution < -0.4 is 9.62 Å². The molecular formula is C34H41N7OS. The Morgan fingerprint density at radius 3 is 2.86 bits per heavy atom. The molecule has 224 valence electrons. The standard InChI is InChI=1S/C34H41N7OS/c1-33(2,3)43(42)37-19-6-11-26-25-10-5-4-9-24(25)21-34(26)16-14-23(15-17-34)28-22-36-30-31(38-28)39-40-32(30)41-20-8-12-27-29(41)13-7-18-35-27/h4-5,7,9-10,13-14,18,22,26,37H,6,8,11-12,15-17,19-21H2,1-3H3,(H,38,39,40)/t26?,34?,43-/m1/s1. The number of allylic oxidation sites excluding steroid dienone is 2. The largest absolute Gasteiger partial charge is 0.598 e. The van der Waals surface area contributed by atoms with Gasteiger partial charge in [0.1, 0.15) is 4.75 Å². The summed E-state index contributed by atoms with van der Waals surface area (Å²) in [5.74, 6) is 1.34. The lowest BCUT2D eigenvalue weighted by atomic mass is 9.65. The molecule has 0 fully saturated rings. The quantitative estimate of drug-likeness (QED) is 0.184. The molecule has 9 heteroatoms. The van der Waals surface area contributed by atoms with E-state index < -0.39 is 11.4 Å². The van der Waals surface area contributed by atoms with Gasteiger partial charge >= 0.3 is 0 Å². The van der Waals surface area contributed by atoms with Gasteiger partial charge in [0, 0.05) is 30.6 Å². The first-order valence-electron chi connectivity index (χ1n) is 15.7. The van der Waals surface area contributed by atoms with Gasteiger partial charge in [-0.05, 0) is 112 Å². The van der Waals surface area contributed by atoms with E-state index in [0.29, 0.717) is 5.92 Å². The predicted octanol–water partition coefficient (Wildman–Crippen LogP) is 6.56. The van der Waals surface area contributed by atoms with E-state index in [-0.39, 0.29) is 10.2 Å². The fraction of sp³-hybridized carbons (Fsp3) is 0.471. The van der Waals surface area contributed by atoms with Gasteiger partial charge in [-0.1, -0.05) is 30.3 Å². The van der Waals surface area contributed by atoms with Gasteiger partial charge in [0.25, 0.3) is 0 Å². The predicted molar refractivity (Wildman–Crippen MR) is 174 cm³/mol. The number of hydrogen-bond acceptors (Lipinski definition) is 7. The van der Waals surface area contributed by atoms with Crippen molar-refractivity contribution in [1.29, 1.82) is 0 Å². The Hall–Kier alpha value is -3.27. The van der Waals surface area contributed by atoms with E-state index in [2.05, 4.69) is 61.2 Å². The molecule has 1 aromatic carbocycles. The highest BCUT2D eigenvalue weighted by Gasteiger charge is 2.46. The van der Waals surface area contributed by atoms with Gasteiger partial charge in [-0.15, -0.1) is 4.72 Å². The van der Waals surface area contributed by atoms with Crippen LogP contribution >= 0.6 is 0 Å². The van der Waals surface area contributed by atoms with Crippen molar-refractivity contribution < 1.29 is 4.55 Å². The zero-order chi connectivity index (χ0) is 29.6. The Labute approximate surface area is 257 Å². The van der Waals surface area contributed by atoms with Crippen LogP contribution in [0.25, 0.3) is 16.7 Å². The van der Waals surface area contributed by atoms with Crippen LogP contribution in [0.5, 0.6) is 0 Å². The maximum atomic E-state index is 12.5. The smallest absolute Gasteiger partial charge is 0.183 e. The van der Waals surface area contributed by atoms with Crippen molar-refractivity contribution in [3.63, 3.8) is 0 Å². The zero-order valence-corrected chi connectivity index (χ0v) is 26.2. The number of anilines is 2. The van der Waals surface area contributed by atoms with Crippen LogP contribution in [-0.4, -0.2) is 47.5 Å². The molecule has 3 aromatic heterocycles. The number of pyridine rings is 1. The SMILES string of the molecule is CC(C)(C)[S@@+]([O-])NCCCC1c2ccccc2CC12CC=C(c1cnc3c(N4CCCc5ncccc54)n[nH]c3n1)CC2. The molecule has 2 aliphatic carbocycles. The fourth-order valence-electron chi connectivity index (χ4n) is 7.39. The Morgan fingerprint density at radius 1 is 1.14 bits per heavy atom. The van der Waals surface area contributed by atoms with E-state index in [9.17, 15) is 4.55 Å². The summed E-state index contributed by atoms with van der Waals surface area (Å²) in [6, 6.07) is 13.1. The third-order valence-corrected chi connectivity index (χ3v) is 11.2. The van der Waals surface area contributed by atoms with Crippen LogP contribution in [0.3, 0.4) is 0 Å². The molecule has 1 spiro atoms. The molecule has 4 heterocycles. The van der Waals surface area contributed by atoms with E-state index in [1.807, 2.05) is 39.2 Å². The molecule has 4 aromatic rings. The van der Waals surface area contributed by atoms with Crippen molar-refractivity contribution in [2.45, 2.75) is 82.8 Å². The Morgan fingerprint density at radius 2 is 2.02 bits per heavy atom. The highest BCUT2D eigenvalue weighted by Crippen LogP contribution is 2.57. The van der Waals surface area contributed by atoms with Crippen LogP contribution in [-0.2, 0) is 24.2 Å². The summed E-state index contributed by atoms with van der Waals surface area (Å²) in [6.45, 7) is 7.72. The number of aromatic amines is 1. The lowest BCUT2D eigenvalue weighted by Gasteiger charge is -2.39. The molecular weight excluding hydrogens is 554 g/mol. The fourth-order valence-corrected chi connectivity index (χ4v) is 8.15. The monoisotopic (exact) mass is 595 g/mol. The van der Waals surface area contributed by atoms with E-state index in [4.69, 9.17) is 9.97 Å². The topological polar surface area (TPSA) is 106 Å². The Balaban J connectivity index is 1.09. The molecule has 0 saturated carbocycles. The van der Waals surface area contributed by atoms with Crippen molar-refractivity contribution in [3.8, 4) is 0 Å². The van der Waals surface area contributed by atoms with Gasteiger partial charge < -0.3 is 9.45 Å². The third-order valence-electron chi connectivity index (χ3n) is 9.61. The second-order valence-corrected chi connectivity index (χ2v) is 15.4. The maximum Gasteiger partial charge on any atom is 0.183 e. The normalized spacial score (nSPS) is 22.5. The van der Waals surface area contributed by atoms with Crippen LogP contribution in [0.4, 0.5) is 11.5 Å². The number of fused-ring (bicyclic) bond motifs is 3. The van der Waals surface area contributed by atoms with Crippen LogP contribution in [0.1, 0.15) is 87.7 Å². The molecule has 2 unspecified atom stereocenters. The van der Waals surface area contributed by atoms with E-state index in [0.717, 1.165) is 98.5 Å². The van der Waals surface area contributed by atoms with Gasteiger partial charge in [-0.3, -0.25) is 10.1 Å². The first-order chi connectivity index (χ1) is 20.8. The summed E-state index contributed by atoms with van der Waals surface area (Å²) < 4.78 is 15.5. The molecule has 43 heavy (non-hydrogen) atoms. The summed E-state index contributed by atoms with van der Waals surface area (Å²) >= 11 is -1.03. The average Bonchev–Trinajstić information content (AvgIpc) is 3.57. The molecule has 3 aliphatic rings. The van der Waals surface area contributed by atoms with Gasteiger partial charge in [-0.25, -0.2) is 9.97 Å². The molecule has 0 radical (unpaired) electrons. The molecule has 0 amide bonds. The lowest BCUT2D eigenvalue weighted by Crippen LogP contribution is -2.40. The van der Waals surface area contributed by atoms with Gasteiger partial charge in [0.2, 0.25) is 0 Å². The van der Waals surface area contributed by atoms with Crippen molar-refractivity contribution >= 4 is 39.6 Å². The second-order valence-electron chi connectivity index (χ2n) is 13.4. The minimum Gasteiger partial charge on any atom is -0.598 e. The van der Waals surface area contributed by atoms with Gasteiger partial charge in [0.15, 0.2) is 17.0 Å². The summed E-state index contributed by atoms with van der Waals surface area (Å²) in [4.78, 5) is 16.7. The summed E-state index contributed by atoms with van der Waals surface area (Å²) in [5.41, 5.74) is 9.22. The molecule has 7 rings (SSSR count). The molecule has 0 saturated heterocycles. The van der Waals surface area contributed by atoms with Crippen LogP contribution in [0.15, 0.2) is 54.9 Å².